The first kappa shape index (κ1) is 21.7. The average Bonchev–Trinajstić information content (AvgIpc) is 3.38. The third-order valence-corrected chi connectivity index (χ3v) is 7.07. The standard InChI is InChI=1S/C22H23NO9S/c1-28-16-4-10(5-17(29-2)21(16)24)18-11-6-14-15(32-9-31-14)7-12(11)20(23-33(3,26)27)13-8-30-22(25)19(13)18/h4-7,13,18-20,23-24H,8-9H2,1-3H3/t13-,18+,19-,20?/m0/s1. The van der Waals surface area contributed by atoms with Crippen LogP contribution in [0.15, 0.2) is 24.3 Å². The van der Waals surface area contributed by atoms with Crippen molar-refractivity contribution in [3.8, 4) is 28.7 Å². The van der Waals surface area contributed by atoms with Crippen molar-refractivity contribution in [1.82, 2.24) is 4.72 Å². The third kappa shape index (κ3) is 3.51. The van der Waals surface area contributed by atoms with Crippen molar-refractivity contribution in [1.29, 1.82) is 0 Å². The summed E-state index contributed by atoms with van der Waals surface area (Å²) in [5, 5.41) is 10.4. The fraction of sp³-hybridized carbons (Fsp3) is 0.409. The van der Waals surface area contributed by atoms with E-state index >= 15 is 0 Å². The number of esters is 1. The summed E-state index contributed by atoms with van der Waals surface area (Å²) < 4.78 is 54.3. The third-order valence-electron chi connectivity index (χ3n) is 6.39. The molecule has 2 N–H and O–H groups in total. The van der Waals surface area contributed by atoms with Crippen molar-refractivity contribution in [2.45, 2.75) is 12.0 Å². The lowest BCUT2D eigenvalue weighted by atomic mass is 9.65. The summed E-state index contributed by atoms with van der Waals surface area (Å²) in [7, 11) is -0.767. The molecule has 2 heterocycles. The van der Waals surface area contributed by atoms with Gasteiger partial charge in [0.15, 0.2) is 23.0 Å². The molecule has 1 aliphatic carbocycles. The van der Waals surface area contributed by atoms with Crippen LogP contribution in [0.1, 0.15) is 28.7 Å². The maximum atomic E-state index is 13.0. The molecule has 5 rings (SSSR count). The van der Waals surface area contributed by atoms with Crippen molar-refractivity contribution in [3.63, 3.8) is 0 Å². The molecule has 4 atom stereocenters. The Labute approximate surface area is 190 Å². The second-order valence-corrected chi connectivity index (χ2v) is 10.1. The van der Waals surface area contributed by atoms with E-state index < -0.39 is 39.8 Å². The molecule has 2 aliphatic heterocycles. The van der Waals surface area contributed by atoms with E-state index in [4.69, 9.17) is 23.7 Å². The number of fused-ring (bicyclic) bond motifs is 3. The number of hydrogen-bond acceptors (Lipinski definition) is 9. The SMILES string of the molecule is COc1cc([C@@H]2c3cc4c(cc3C(NS(C)(=O)=O)[C@H]3COC(=O)[C@H]23)OCO4)cc(OC)c1O. The van der Waals surface area contributed by atoms with Gasteiger partial charge in [-0.15, -0.1) is 0 Å². The van der Waals surface area contributed by atoms with E-state index in [-0.39, 0.29) is 30.6 Å². The van der Waals surface area contributed by atoms with Gasteiger partial charge in [0.25, 0.3) is 0 Å². The highest BCUT2D eigenvalue weighted by molar-refractivity contribution is 7.88. The van der Waals surface area contributed by atoms with E-state index in [0.29, 0.717) is 28.2 Å². The first-order valence-electron chi connectivity index (χ1n) is 10.2. The van der Waals surface area contributed by atoms with Crippen LogP contribution < -0.4 is 23.7 Å². The minimum atomic E-state index is -3.61. The van der Waals surface area contributed by atoms with Gasteiger partial charge < -0.3 is 28.8 Å². The lowest BCUT2D eigenvalue weighted by molar-refractivity contribution is -0.141. The zero-order chi connectivity index (χ0) is 23.5. The topological polar surface area (TPSA) is 130 Å². The quantitative estimate of drug-likeness (QED) is 0.618. The van der Waals surface area contributed by atoms with Crippen molar-refractivity contribution in [2.75, 3.05) is 33.9 Å². The number of nitrogens with one attached hydrogen (secondary N) is 1. The van der Waals surface area contributed by atoms with E-state index in [1.165, 1.54) is 14.2 Å². The van der Waals surface area contributed by atoms with Crippen molar-refractivity contribution in [3.05, 3.63) is 41.0 Å². The molecule has 0 spiro atoms. The van der Waals surface area contributed by atoms with Crippen LogP contribution in [0.2, 0.25) is 0 Å². The number of carbonyl (C=O) groups excluding carboxylic acids is 1. The Morgan fingerprint density at radius 2 is 1.61 bits per heavy atom. The molecule has 0 saturated carbocycles. The van der Waals surface area contributed by atoms with E-state index in [1.807, 2.05) is 0 Å². The number of methoxy groups -OCH3 is 2. The molecule has 0 amide bonds. The maximum Gasteiger partial charge on any atom is 0.310 e. The number of benzene rings is 2. The molecule has 2 aromatic carbocycles. The lowest BCUT2D eigenvalue weighted by Gasteiger charge is -2.39. The van der Waals surface area contributed by atoms with E-state index in [9.17, 15) is 18.3 Å². The highest BCUT2D eigenvalue weighted by Gasteiger charge is 2.53. The summed E-state index contributed by atoms with van der Waals surface area (Å²) in [6, 6.07) is 6.11. The fourth-order valence-corrected chi connectivity index (χ4v) is 5.80. The number of aromatic hydroxyl groups is 1. The summed E-state index contributed by atoms with van der Waals surface area (Å²) in [6.07, 6.45) is 1.08. The monoisotopic (exact) mass is 477 g/mol. The molecule has 1 fully saturated rings. The van der Waals surface area contributed by atoms with E-state index in [0.717, 1.165) is 6.26 Å². The number of carbonyl (C=O) groups is 1. The summed E-state index contributed by atoms with van der Waals surface area (Å²) in [4.78, 5) is 13.0. The smallest absolute Gasteiger partial charge is 0.310 e. The van der Waals surface area contributed by atoms with Crippen LogP contribution in [-0.4, -0.2) is 53.4 Å². The number of cyclic esters (lactones) is 1. The van der Waals surface area contributed by atoms with Gasteiger partial charge in [-0.1, -0.05) is 0 Å². The second-order valence-electron chi connectivity index (χ2n) is 8.27. The largest absolute Gasteiger partial charge is 0.502 e. The molecule has 10 nitrogen and oxygen atoms in total. The molecule has 3 aliphatic rings. The second kappa shape index (κ2) is 7.70. The van der Waals surface area contributed by atoms with Gasteiger partial charge in [0.1, 0.15) is 0 Å². The average molecular weight is 477 g/mol. The van der Waals surface area contributed by atoms with Crippen LogP contribution >= 0.6 is 0 Å². The molecule has 176 valence electrons. The Morgan fingerprint density at radius 1 is 1.00 bits per heavy atom. The van der Waals surface area contributed by atoms with Gasteiger partial charge in [-0.05, 0) is 41.0 Å². The Bertz CT molecular complexity index is 1220. The molecule has 0 bridgehead atoms. The van der Waals surface area contributed by atoms with E-state index in [2.05, 4.69) is 4.72 Å². The van der Waals surface area contributed by atoms with Gasteiger partial charge in [-0.3, -0.25) is 4.79 Å². The van der Waals surface area contributed by atoms with Gasteiger partial charge in [-0.25, -0.2) is 13.1 Å². The highest BCUT2D eigenvalue weighted by atomic mass is 32.2. The van der Waals surface area contributed by atoms with Gasteiger partial charge in [-0.2, -0.15) is 0 Å². The number of hydrogen-bond donors (Lipinski definition) is 2. The Hall–Kier alpha value is -3.18. The fourth-order valence-electron chi connectivity index (χ4n) is 5.04. The van der Waals surface area contributed by atoms with Crippen molar-refractivity contribution >= 4 is 16.0 Å². The highest BCUT2D eigenvalue weighted by Crippen LogP contribution is 2.55. The first-order valence-corrected chi connectivity index (χ1v) is 12.1. The zero-order valence-electron chi connectivity index (χ0n) is 18.2. The minimum Gasteiger partial charge on any atom is -0.502 e. The van der Waals surface area contributed by atoms with Crippen LogP contribution in [-0.2, 0) is 19.6 Å². The van der Waals surface area contributed by atoms with Crippen LogP contribution in [0, 0.1) is 11.8 Å². The first-order chi connectivity index (χ1) is 15.7. The predicted molar refractivity (Wildman–Crippen MR) is 114 cm³/mol. The molecule has 0 radical (unpaired) electrons. The molecular weight excluding hydrogens is 454 g/mol. The summed E-state index contributed by atoms with van der Waals surface area (Å²) in [6.45, 7) is 0.107. The number of phenols is 1. The molecule has 11 heteroatoms. The van der Waals surface area contributed by atoms with Crippen molar-refractivity contribution in [2.24, 2.45) is 11.8 Å². The van der Waals surface area contributed by atoms with Crippen LogP contribution in [0.5, 0.6) is 28.7 Å². The Morgan fingerprint density at radius 3 is 2.18 bits per heavy atom. The van der Waals surface area contributed by atoms with Crippen LogP contribution in [0.4, 0.5) is 0 Å². The molecule has 0 aromatic heterocycles. The summed E-state index contributed by atoms with van der Waals surface area (Å²) >= 11 is 0. The van der Waals surface area contributed by atoms with Gasteiger partial charge in [0.2, 0.25) is 22.6 Å². The van der Waals surface area contributed by atoms with Gasteiger partial charge >= 0.3 is 5.97 Å². The Kier molecular flexibility index (Phi) is 5.05. The minimum absolute atomic E-state index is 0.0445. The predicted octanol–water partition coefficient (Wildman–Crippen LogP) is 1.66. The number of sulfonamides is 1. The van der Waals surface area contributed by atoms with Gasteiger partial charge in [0, 0.05) is 11.8 Å². The van der Waals surface area contributed by atoms with E-state index in [1.54, 1.807) is 24.3 Å². The number of ether oxygens (including phenoxy) is 5. The maximum absolute atomic E-state index is 13.0. The molecular formula is C22H23NO9S. The van der Waals surface area contributed by atoms with Crippen LogP contribution in [0.3, 0.4) is 0 Å². The number of rotatable bonds is 5. The summed E-state index contributed by atoms with van der Waals surface area (Å²) in [5.41, 5.74) is 2.00. The van der Waals surface area contributed by atoms with Gasteiger partial charge in [0.05, 0.1) is 39.0 Å². The molecule has 1 saturated heterocycles. The van der Waals surface area contributed by atoms with Crippen LogP contribution in [0.25, 0.3) is 0 Å². The normalized spacial score (nSPS) is 25.2. The molecule has 33 heavy (non-hydrogen) atoms. The zero-order valence-corrected chi connectivity index (χ0v) is 19.0. The van der Waals surface area contributed by atoms with Crippen molar-refractivity contribution < 1.29 is 42.0 Å². The molecule has 2 aromatic rings. The summed E-state index contributed by atoms with van der Waals surface area (Å²) in [5.74, 6) is -0.900. The number of phenolic OH excluding ortho intramolecular Hbond substituents is 1. The Balaban J connectivity index is 1.76. The lowest BCUT2D eigenvalue weighted by Crippen LogP contribution is -2.42. The molecule has 1 unspecified atom stereocenters.